The molecule has 2 aromatic rings. The predicted molar refractivity (Wildman–Crippen MR) is 95.7 cm³/mol. The number of aromatic nitrogens is 2. The quantitative estimate of drug-likeness (QED) is 0.876. The molecule has 0 fully saturated rings. The van der Waals surface area contributed by atoms with E-state index >= 15 is 0 Å². The van der Waals surface area contributed by atoms with E-state index in [1.807, 2.05) is 39.8 Å². The SMILES string of the molecule is CCOc1ccc(NC(=O)c2cc(NC(C)(C)C)nc(C)n2)cc1. The monoisotopic (exact) mass is 328 g/mol. The third-order valence-corrected chi connectivity index (χ3v) is 3.00. The summed E-state index contributed by atoms with van der Waals surface area (Å²) in [6, 6.07) is 8.88. The number of hydrogen-bond acceptors (Lipinski definition) is 5. The van der Waals surface area contributed by atoms with Crippen LogP contribution in [0.1, 0.15) is 44.0 Å². The smallest absolute Gasteiger partial charge is 0.274 e. The van der Waals surface area contributed by atoms with Gasteiger partial charge in [0.1, 0.15) is 23.1 Å². The van der Waals surface area contributed by atoms with E-state index in [0.717, 1.165) is 5.75 Å². The van der Waals surface area contributed by atoms with Gasteiger partial charge < -0.3 is 15.4 Å². The van der Waals surface area contributed by atoms with E-state index < -0.39 is 0 Å². The molecule has 0 atom stereocenters. The van der Waals surface area contributed by atoms with Gasteiger partial charge >= 0.3 is 0 Å². The molecule has 128 valence electrons. The molecule has 0 aliphatic rings. The number of carbonyl (C=O) groups excluding carboxylic acids is 1. The molecule has 0 saturated carbocycles. The summed E-state index contributed by atoms with van der Waals surface area (Å²) >= 11 is 0. The number of amides is 1. The van der Waals surface area contributed by atoms with Gasteiger partial charge in [-0.3, -0.25) is 4.79 Å². The van der Waals surface area contributed by atoms with Crippen molar-refractivity contribution in [1.29, 1.82) is 0 Å². The standard InChI is InChI=1S/C18H24N4O2/c1-6-24-14-9-7-13(8-10-14)21-17(23)15-11-16(20-12(2)19-15)22-18(3,4)5/h7-11H,6H2,1-5H3,(H,21,23)(H,19,20,22). The van der Waals surface area contributed by atoms with Crippen molar-refractivity contribution in [2.45, 2.75) is 40.2 Å². The maximum Gasteiger partial charge on any atom is 0.274 e. The fourth-order valence-corrected chi connectivity index (χ4v) is 2.13. The summed E-state index contributed by atoms with van der Waals surface area (Å²) in [5.74, 6) is 1.67. The Kier molecular flexibility index (Phi) is 5.39. The van der Waals surface area contributed by atoms with Crippen molar-refractivity contribution in [1.82, 2.24) is 9.97 Å². The van der Waals surface area contributed by atoms with Gasteiger partial charge in [0.15, 0.2) is 0 Å². The highest BCUT2D eigenvalue weighted by Crippen LogP contribution is 2.17. The summed E-state index contributed by atoms with van der Waals surface area (Å²) in [4.78, 5) is 21.0. The van der Waals surface area contributed by atoms with Crippen LogP contribution < -0.4 is 15.4 Å². The molecule has 2 N–H and O–H groups in total. The lowest BCUT2D eigenvalue weighted by atomic mass is 10.1. The number of ether oxygens (including phenoxy) is 1. The van der Waals surface area contributed by atoms with E-state index in [1.54, 1.807) is 25.1 Å². The lowest BCUT2D eigenvalue weighted by molar-refractivity contribution is 0.102. The van der Waals surface area contributed by atoms with E-state index in [2.05, 4.69) is 20.6 Å². The van der Waals surface area contributed by atoms with Crippen LogP contribution in [-0.2, 0) is 0 Å². The molecule has 6 nitrogen and oxygen atoms in total. The first-order valence-corrected chi connectivity index (χ1v) is 7.95. The van der Waals surface area contributed by atoms with Crippen LogP contribution in [0, 0.1) is 6.92 Å². The van der Waals surface area contributed by atoms with Crippen LogP contribution >= 0.6 is 0 Å². The average Bonchev–Trinajstić information content (AvgIpc) is 2.47. The van der Waals surface area contributed by atoms with Gasteiger partial charge in [0, 0.05) is 17.3 Å². The minimum absolute atomic E-state index is 0.149. The molecule has 2 rings (SSSR count). The summed E-state index contributed by atoms with van der Waals surface area (Å²) in [7, 11) is 0. The Morgan fingerprint density at radius 1 is 1.17 bits per heavy atom. The molecule has 1 amide bonds. The number of nitrogens with one attached hydrogen (secondary N) is 2. The molecule has 6 heteroatoms. The Morgan fingerprint density at radius 3 is 2.42 bits per heavy atom. The highest BCUT2D eigenvalue weighted by molar-refractivity contribution is 6.03. The molecule has 0 unspecified atom stereocenters. The fraction of sp³-hybridized carbons (Fsp3) is 0.389. The van der Waals surface area contributed by atoms with E-state index in [1.165, 1.54) is 0 Å². The number of hydrogen-bond donors (Lipinski definition) is 2. The first-order chi connectivity index (χ1) is 11.3. The number of rotatable bonds is 5. The molecular formula is C18H24N4O2. The van der Waals surface area contributed by atoms with Crippen LogP contribution in [0.2, 0.25) is 0 Å². The predicted octanol–water partition coefficient (Wildman–Crippen LogP) is 3.65. The van der Waals surface area contributed by atoms with E-state index in [4.69, 9.17) is 4.74 Å². The van der Waals surface area contributed by atoms with Crippen LogP contribution in [0.15, 0.2) is 30.3 Å². The zero-order valence-corrected chi connectivity index (χ0v) is 14.8. The largest absolute Gasteiger partial charge is 0.494 e. The van der Waals surface area contributed by atoms with Gasteiger partial charge in [-0.05, 0) is 58.9 Å². The summed E-state index contributed by atoms with van der Waals surface area (Å²) in [5, 5.41) is 6.09. The molecule has 0 aliphatic carbocycles. The van der Waals surface area contributed by atoms with Crippen LogP contribution in [-0.4, -0.2) is 28.0 Å². The van der Waals surface area contributed by atoms with Crippen molar-refractivity contribution < 1.29 is 9.53 Å². The fourth-order valence-electron chi connectivity index (χ4n) is 2.13. The lowest BCUT2D eigenvalue weighted by Gasteiger charge is -2.21. The molecule has 0 radical (unpaired) electrons. The Bertz CT molecular complexity index is 706. The van der Waals surface area contributed by atoms with E-state index in [9.17, 15) is 4.79 Å². The zero-order valence-electron chi connectivity index (χ0n) is 14.8. The highest BCUT2D eigenvalue weighted by atomic mass is 16.5. The Morgan fingerprint density at radius 2 is 1.83 bits per heavy atom. The second kappa shape index (κ2) is 7.29. The molecule has 0 spiro atoms. The molecule has 0 bridgehead atoms. The van der Waals surface area contributed by atoms with Crippen molar-refractivity contribution in [3.05, 3.63) is 41.9 Å². The van der Waals surface area contributed by atoms with Gasteiger partial charge in [-0.15, -0.1) is 0 Å². The van der Waals surface area contributed by atoms with Crippen LogP contribution in [0.25, 0.3) is 0 Å². The summed E-state index contributed by atoms with van der Waals surface area (Å²) in [6.07, 6.45) is 0. The summed E-state index contributed by atoms with van der Waals surface area (Å²) in [6.45, 7) is 10.4. The van der Waals surface area contributed by atoms with Crippen molar-refractivity contribution >= 4 is 17.4 Å². The van der Waals surface area contributed by atoms with E-state index in [-0.39, 0.29) is 11.4 Å². The van der Waals surface area contributed by atoms with Crippen molar-refractivity contribution in [2.24, 2.45) is 0 Å². The van der Waals surface area contributed by atoms with Gasteiger partial charge in [-0.2, -0.15) is 0 Å². The molecular weight excluding hydrogens is 304 g/mol. The lowest BCUT2D eigenvalue weighted by Crippen LogP contribution is -2.27. The Hall–Kier alpha value is -2.63. The van der Waals surface area contributed by atoms with Gasteiger partial charge in [-0.1, -0.05) is 0 Å². The maximum atomic E-state index is 12.4. The van der Waals surface area contributed by atoms with E-state index in [0.29, 0.717) is 29.6 Å². The minimum Gasteiger partial charge on any atom is -0.494 e. The molecule has 1 aromatic heterocycles. The molecule has 1 aromatic carbocycles. The Labute approximate surface area is 142 Å². The first kappa shape index (κ1) is 17.7. The summed E-state index contributed by atoms with van der Waals surface area (Å²) in [5.41, 5.74) is 0.858. The van der Waals surface area contributed by atoms with Crippen LogP contribution in [0.3, 0.4) is 0 Å². The van der Waals surface area contributed by atoms with Crippen LogP contribution in [0.4, 0.5) is 11.5 Å². The maximum absolute atomic E-state index is 12.4. The second-order valence-corrected chi connectivity index (χ2v) is 6.47. The van der Waals surface area contributed by atoms with Crippen molar-refractivity contribution in [3.63, 3.8) is 0 Å². The van der Waals surface area contributed by atoms with Crippen LogP contribution in [0.5, 0.6) is 5.75 Å². The number of carbonyl (C=O) groups is 1. The molecule has 1 heterocycles. The number of anilines is 2. The normalized spacial score (nSPS) is 11.0. The zero-order chi connectivity index (χ0) is 17.7. The second-order valence-electron chi connectivity index (χ2n) is 6.47. The van der Waals surface area contributed by atoms with Gasteiger partial charge in [0.25, 0.3) is 5.91 Å². The minimum atomic E-state index is -0.276. The average molecular weight is 328 g/mol. The third-order valence-electron chi connectivity index (χ3n) is 3.00. The van der Waals surface area contributed by atoms with Gasteiger partial charge in [-0.25, -0.2) is 9.97 Å². The van der Waals surface area contributed by atoms with Gasteiger partial charge in [0.05, 0.1) is 6.61 Å². The first-order valence-electron chi connectivity index (χ1n) is 7.95. The molecule has 0 saturated heterocycles. The number of aryl methyl sites for hydroxylation is 1. The third kappa shape index (κ3) is 5.22. The number of benzene rings is 1. The molecule has 24 heavy (non-hydrogen) atoms. The van der Waals surface area contributed by atoms with Crippen molar-refractivity contribution in [2.75, 3.05) is 17.2 Å². The van der Waals surface area contributed by atoms with Crippen molar-refractivity contribution in [3.8, 4) is 5.75 Å². The molecule has 0 aliphatic heterocycles. The topological polar surface area (TPSA) is 76.1 Å². The van der Waals surface area contributed by atoms with Gasteiger partial charge in [0.2, 0.25) is 0 Å². The highest BCUT2D eigenvalue weighted by Gasteiger charge is 2.15. The Balaban J connectivity index is 2.14. The number of nitrogens with zero attached hydrogens (tertiary/aromatic N) is 2. The summed E-state index contributed by atoms with van der Waals surface area (Å²) < 4.78 is 5.39.